The van der Waals surface area contributed by atoms with E-state index in [0.717, 1.165) is 17.5 Å². The second kappa shape index (κ2) is 6.02. The zero-order chi connectivity index (χ0) is 15.5. The Morgan fingerprint density at radius 1 is 1.00 bits per heavy atom. The molecule has 1 fully saturated rings. The lowest BCUT2D eigenvalue weighted by Gasteiger charge is -2.22. The second-order valence-corrected chi connectivity index (χ2v) is 5.51. The second-order valence-electron chi connectivity index (χ2n) is 5.51. The average molecular weight is 294 g/mol. The predicted molar refractivity (Wildman–Crippen MR) is 85.1 cm³/mol. The lowest BCUT2D eigenvalue weighted by Crippen LogP contribution is -2.43. The molecule has 112 valence electrons. The molecule has 2 N–H and O–H groups in total. The Balaban J connectivity index is 1.89. The van der Waals surface area contributed by atoms with Crippen molar-refractivity contribution in [2.24, 2.45) is 5.73 Å². The van der Waals surface area contributed by atoms with E-state index in [2.05, 4.69) is 0 Å². The number of carbonyl (C=O) groups is 2. The normalized spacial score (nSPS) is 17.5. The van der Waals surface area contributed by atoms with E-state index in [9.17, 15) is 9.59 Å². The van der Waals surface area contributed by atoms with Gasteiger partial charge in [-0.05, 0) is 36.1 Å². The quantitative estimate of drug-likeness (QED) is 0.945. The van der Waals surface area contributed by atoms with Crippen LogP contribution in [0.4, 0.5) is 0 Å². The molecule has 0 spiro atoms. The summed E-state index contributed by atoms with van der Waals surface area (Å²) in [6, 6.07) is 16.9. The van der Waals surface area contributed by atoms with Crippen LogP contribution in [-0.4, -0.2) is 29.3 Å². The molecule has 1 saturated heterocycles. The fraction of sp³-hybridized carbons (Fsp3) is 0.222. The summed E-state index contributed by atoms with van der Waals surface area (Å²) < 4.78 is 0. The van der Waals surface area contributed by atoms with Crippen molar-refractivity contribution in [1.82, 2.24) is 4.90 Å². The highest BCUT2D eigenvalue weighted by Crippen LogP contribution is 2.23. The Hall–Kier alpha value is -2.62. The summed E-state index contributed by atoms with van der Waals surface area (Å²) >= 11 is 0. The van der Waals surface area contributed by atoms with Crippen molar-refractivity contribution in [2.45, 2.75) is 18.9 Å². The number of hydrogen-bond donors (Lipinski definition) is 1. The van der Waals surface area contributed by atoms with E-state index in [1.807, 2.05) is 48.5 Å². The third kappa shape index (κ3) is 2.72. The molecule has 2 aromatic rings. The van der Waals surface area contributed by atoms with E-state index >= 15 is 0 Å². The third-order valence-electron chi connectivity index (χ3n) is 4.06. The molecule has 0 radical (unpaired) electrons. The third-order valence-corrected chi connectivity index (χ3v) is 4.06. The van der Waals surface area contributed by atoms with Gasteiger partial charge in [-0.1, -0.05) is 42.5 Å². The highest BCUT2D eigenvalue weighted by Gasteiger charge is 2.33. The van der Waals surface area contributed by atoms with E-state index < -0.39 is 11.9 Å². The van der Waals surface area contributed by atoms with Crippen molar-refractivity contribution < 1.29 is 9.59 Å². The van der Waals surface area contributed by atoms with Crippen molar-refractivity contribution in [1.29, 1.82) is 0 Å². The van der Waals surface area contributed by atoms with Crippen LogP contribution in [-0.2, 0) is 4.79 Å². The van der Waals surface area contributed by atoms with Crippen molar-refractivity contribution in [3.05, 3.63) is 60.2 Å². The average Bonchev–Trinajstić information content (AvgIpc) is 3.05. The number of carbonyl (C=O) groups excluding carboxylic acids is 2. The highest BCUT2D eigenvalue weighted by molar-refractivity contribution is 5.98. The molecule has 4 nitrogen and oxygen atoms in total. The topological polar surface area (TPSA) is 63.4 Å². The largest absolute Gasteiger partial charge is 0.368 e. The van der Waals surface area contributed by atoms with E-state index in [0.29, 0.717) is 18.5 Å². The van der Waals surface area contributed by atoms with Gasteiger partial charge in [-0.15, -0.1) is 0 Å². The van der Waals surface area contributed by atoms with Gasteiger partial charge in [-0.25, -0.2) is 0 Å². The van der Waals surface area contributed by atoms with Crippen LogP contribution in [0.3, 0.4) is 0 Å². The van der Waals surface area contributed by atoms with Gasteiger partial charge in [-0.3, -0.25) is 9.59 Å². The van der Waals surface area contributed by atoms with Crippen molar-refractivity contribution in [3.8, 4) is 11.1 Å². The number of benzene rings is 2. The van der Waals surface area contributed by atoms with Crippen LogP contribution >= 0.6 is 0 Å². The van der Waals surface area contributed by atoms with Gasteiger partial charge in [0.1, 0.15) is 6.04 Å². The van der Waals surface area contributed by atoms with Crippen molar-refractivity contribution >= 4 is 11.8 Å². The molecule has 0 saturated carbocycles. The lowest BCUT2D eigenvalue weighted by molar-refractivity contribution is -0.121. The van der Waals surface area contributed by atoms with Crippen LogP contribution in [0.15, 0.2) is 54.6 Å². The predicted octanol–water partition coefficient (Wildman–Crippen LogP) is 2.44. The van der Waals surface area contributed by atoms with Crippen LogP contribution < -0.4 is 5.73 Å². The molecule has 2 amide bonds. The van der Waals surface area contributed by atoms with Crippen LogP contribution in [0, 0.1) is 0 Å². The van der Waals surface area contributed by atoms with Crippen LogP contribution in [0.1, 0.15) is 23.2 Å². The zero-order valence-electron chi connectivity index (χ0n) is 12.2. The van der Waals surface area contributed by atoms with Gasteiger partial charge in [-0.2, -0.15) is 0 Å². The van der Waals surface area contributed by atoms with Gasteiger partial charge in [0.15, 0.2) is 0 Å². The molecule has 22 heavy (non-hydrogen) atoms. The van der Waals surface area contributed by atoms with Gasteiger partial charge >= 0.3 is 0 Å². The maximum atomic E-state index is 12.7. The van der Waals surface area contributed by atoms with Crippen LogP contribution in [0.25, 0.3) is 11.1 Å². The molecule has 1 aliphatic rings. The number of nitrogens with zero attached hydrogens (tertiary/aromatic N) is 1. The van der Waals surface area contributed by atoms with E-state index in [1.54, 1.807) is 11.0 Å². The number of hydrogen-bond acceptors (Lipinski definition) is 2. The molecule has 0 bridgehead atoms. The van der Waals surface area contributed by atoms with E-state index in [1.165, 1.54) is 0 Å². The van der Waals surface area contributed by atoms with Crippen molar-refractivity contribution in [2.75, 3.05) is 6.54 Å². The SMILES string of the molecule is NC(=O)[C@@H]1CCCN1C(=O)c1cccc(-c2ccccc2)c1. The highest BCUT2D eigenvalue weighted by atomic mass is 16.2. The minimum absolute atomic E-state index is 0.126. The first-order chi connectivity index (χ1) is 10.7. The minimum Gasteiger partial charge on any atom is -0.368 e. The molecule has 4 heteroatoms. The Morgan fingerprint density at radius 2 is 1.73 bits per heavy atom. The Morgan fingerprint density at radius 3 is 2.45 bits per heavy atom. The fourth-order valence-corrected chi connectivity index (χ4v) is 2.93. The molecule has 1 heterocycles. The summed E-state index contributed by atoms with van der Waals surface area (Å²) in [7, 11) is 0. The van der Waals surface area contributed by atoms with Gasteiger partial charge in [0.05, 0.1) is 0 Å². The lowest BCUT2D eigenvalue weighted by atomic mass is 10.0. The summed E-state index contributed by atoms with van der Waals surface area (Å²) in [5.74, 6) is -0.552. The first-order valence-corrected chi connectivity index (χ1v) is 7.42. The van der Waals surface area contributed by atoms with Gasteiger partial charge in [0, 0.05) is 12.1 Å². The molecule has 0 aromatic heterocycles. The first-order valence-electron chi connectivity index (χ1n) is 7.42. The van der Waals surface area contributed by atoms with E-state index in [-0.39, 0.29) is 5.91 Å². The number of rotatable bonds is 3. The molecular formula is C18H18N2O2. The summed E-state index contributed by atoms with van der Waals surface area (Å²) in [4.78, 5) is 25.7. The zero-order valence-corrected chi connectivity index (χ0v) is 12.2. The Labute approximate surface area is 129 Å². The molecule has 2 aromatic carbocycles. The number of amides is 2. The molecule has 1 atom stereocenters. The monoisotopic (exact) mass is 294 g/mol. The van der Waals surface area contributed by atoms with Crippen LogP contribution in [0.5, 0.6) is 0 Å². The molecular weight excluding hydrogens is 276 g/mol. The van der Waals surface area contributed by atoms with Gasteiger partial charge in [0.2, 0.25) is 5.91 Å². The molecule has 0 unspecified atom stereocenters. The molecule has 0 aliphatic carbocycles. The van der Waals surface area contributed by atoms with Crippen molar-refractivity contribution in [3.63, 3.8) is 0 Å². The number of nitrogens with two attached hydrogens (primary N) is 1. The fourth-order valence-electron chi connectivity index (χ4n) is 2.93. The van der Waals surface area contributed by atoms with E-state index in [4.69, 9.17) is 5.73 Å². The maximum Gasteiger partial charge on any atom is 0.254 e. The maximum absolute atomic E-state index is 12.7. The standard InChI is InChI=1S/C18H18N2O2/c19-17(21)16-10-5-11-20(16)18(22)15-9-4-8-14(12-15)13-6-2-1-3-7-13/h1-4,6-9,12,16H,5,10-11H2,(H2,19,21)/t16-/m0/s1. The van der Waals surface area contributed by atoms with Gasteiger partial charge < -0.3 is 10.6 Å². The summed E-state index contributed by atoms with van der Waals surface area (Å²) in [5, 5.41) is 0. The summed E-state index contributed by atoms with van der Waals surface area (Å²) in [6.07, 6.45) is 1.47. The molecule has 1 aliphatic heterocycles. The number of likely N-dealkylation sites (tertiary alicyclic amines) is 1. The van der Waals surface area contributed by atoms with Crippen LogP contribution in [0.2, 0.25) is 0 Å². The van der Waals surface area contributed by atoms with Gasteiger partial charge in [0.25, 0.3) is 5.91 Å². The Kier molecular flexibility index (Phi) is 3.92. The smallest absolute Gasteiger partial charge is 0.254 e. The molecule has 3 rings (SSSR count). The first kappa shape index (κ1) is 14.3. The minimum atomic E-state index is -0.479. The Bertz CT molecular complexity index is 697. The summed E-state index contributed by atoms with van der Waals surface area (Å²) in [6.45, 7) is 0.585. The number of primary amides is 1. The summed E-state index contributed by atoms with van der Waals surface area (Å²) in [5.41, 5.74) is 8.03.